The van der Waals surface area contributed by atoms with Crippen LogP contribution >= 0.6 is 0 Å². The third kappa shape index (κ3) is 6.12. The van der Waals surface area contributed by atoms with Gasteiger partial charge in [0.15, 0.2) is 11.5 Å². The van der Waals surface area contributed by atoms with E-state index in [4.69, 9.17) is 25.1 Å². The minimum Gasteiger partial charge on any atom is -0.493 e. The SMILES string of the molecule is C#CCOCC(O)CN(Cc1ccc(OC)c(OC)c1)Cc1ccco1. The van der Waals surface area contributed by atoms with E-state index in [-0.39, 0.29) is 13.2 Å². The monoisotopic (exact) mass is 359 g/mol. The fraction of sp³-hybridized carbons (Fsp3) is 0.400. The minimum atomic E-state index is -0.654. The number of methoxy groups -OCH3 is 2. The van der Waals surface area contributed by atoms with Crippen LogP contribution in [0.5, 0.6) is 11.5 Å². The van der Waals surface area contributed by atoms with Gasteiger partial charge in [-0.3, -0.25) is 4.90 Å². The maximum Gasteiger partial charge on any atom is 0.161 e. The van der Waals surface area contributed by atoms with Gasteiger partial charge in [0.05, 0.1) is 39.7 Å². The lowest BCUT2D eigenvalue weighted by Gasteiger charge is -2.24. The first-order valence-corrected chi connectivity index (χ1v) is 8.31. The second-order valence-corrected chi connectivity index (χ2v) is 5.81. The Morgan fingerprint density at radius 3 is 2.65 bits per heavy atom. The van der Waals surface area contributed by atoms with Crippen LogP contribution < -0.4 is 9.47 Å². The molecule has 1 unspecified atom stereocenters. The van der Waals surface area contributed by atoms with Gasteiger partial charge < -0.3 is 23.7 Å². The van der Waals surface area contributed by atoms with Gasteiger partial charge in [-0.25, -0.2) is 0 Å². The highest BCUT2D eigenvalue weighted by molar-refractivity contribution is 5.42. The molecule has 0 aliphatic carbocycles. The van der Waals surface area contributed by atoms with Crippen molar-refractivity contribution in [3.63, 3.8) is 0 Å². The molecule has 0 fully saturated rings. The quantitative estimate of drug-likeness (QED) is 0.491. The van der Waals surface area contributed by atoms with Gasteiger partial charge in [-0.15, -0.1) is 6.42 Å². The van der Waals surface area contributed by atoms with Crippen LogP contribution in [-0.4, -0.2) is 50.1 Å². The number of terminal acetylenes is 1. The van der Waals surface area contributed by atoms with Gasteiger partial charge in [0.1, 0.15) is 12.4 Å². The molecule has 0 radical (unpaired) electrons. The van der Waals surface area contributed by atoms with E-state index >= 15 is 0 Å². The topological polar surface area (TPSA) is 64.3 Å². The Bertz CT molecular complexity index is 693. The van der Waals surface area contributed by atoms with E-state index in [9.17, 15) is 5.11 Å². The summed E-state index contributed by atoms with van der Waals surface area (Å²) < 4.78 is 21.3. The zero-order valence-corrected chi connectivity index (χ0v) is 15.2. The van der Waals surface area contributed by atoms with Gasteiger partial charge in [-0.05, 0) is 29.8 Å². The normalized spacial score (nSPS) is 12.0. The van der Waals surface area contributed by atoms with Crippen LogP contribution in [0.15, 0.2) is 41.0 Å². The maximum atomic E-state index is 10.2. The van der Waals surface area contributed by atoms with Crippen molar-refractivity contribution in [2.45, 2.75) is 19.2 Å². The first-order valence-electron chi connectivity index (χ1n) is 8.31. The van der Waals surface area contributed by atoms with Crippen LogP contribution in [-0.2, 0) is 17.8 Å². The Labute approximate surface area is 154 Å². The molecule has 1 atom stereocenters. The Hall–Kier alpha value is -2.46. The molecular weight excluding hydrogens is 334 g/mol. The van der Waals surface area contributed by atoms with Gasteiger partial charge in [-0.1, -0.05) is 12.0 Å². The van der Waals surface area contributed by atoms with Crippen LogP contribution in [0.25, 0.3) is 0 Å². The van der Waals surface area contributed by atoms with Gasteiger partial charge in [0, 0.05) is 13.1 Å². The molecule has 1 N–H and O–H groups in total. The molecule has 0 aliphatic heterocycles. The second-order valence-electron chi connectivity index (χ2n) is 5.81. The first kappa shape index (κ1) is 19.9. The number of nitrogens with zero attached hydrogens (tertiary/aromatic N) is 1. The summed E-state index contributed by atoms with van der Waals surface area (Å²) in [6.07, 6.45) is 6.14. The lowest BCUT2D eigenvalue weighted by atomic mass is 10.1. The maximum absolute atomic E-state index is 10.2. The number of hydrogen-bond acceptors (Lipinski definition) is 6. The molecule has 6 heteroatoms. The average molecular weight is 359 g/mol. The summed E-state index contributed by atoms with van der Waals surface area (Å²) in [4.78, 5) is 2.07. The van der Waals surface area contributed by atoms with Gasteiger partial charge in [0.2, 0.25) is 0 Å². The molecule has 6 nitrogen and oxygen atoms in total. The second kappa shape index (κ2) is 10.5. The Morgan fingerprint density at radius 2 is 2.00 bits per heavy atom. The number of furan rings is 1. The van der Waals surface area contributed by atoms with Crippen molar-refractivity contribution in [3.05, 3.63) is 47.9 Å². The summed E-state index contributed by atoms with van der Waals surface area (Å²) in [6, 6.07) is 9.51. The molecule has 26 heavy (non-hydrogen) atoms. The Morgan fingerprint density at radius 1 is 1.19 bits per heavy atom. The van der Waals surface area contributed by atoms with Crippen molar-refractivity contribution in [2.24, 2.45) is 0 Å². The standard InChI is InChI=1S/C20H25NO5/c1-4-9-25-15-17(22)13-21(14-18-6-5-10-26-18)12-16-7-8-19(23-2)20(11-16)24-3/h1,5-8,10-11,17,22H,9,12-15H2,2-3H3. The van der Waals surface area contributed by atoms with Crippen molar-refractivity contribution in [1.29, 1.82) is 0 Å². The third-order valence-corrected chi connectivity index (χ3v) is 3.78. The first-order chi connectivity index (χ1) is 12.7. The highest BCUT2D eigenvalue weighted by atomic mass is 16.5. The molecule has 0 aliphatic rings. The van der Waals surface area contributed by atoms with Crippen LogP contribution in [0.4, 0.5) is 0 Å². The van der Waals surface area contributed by atoms with E-state index in [0.717, 1.165) is 11.3 Å². The molecule has 1 aromatic carbocycles. The zero-order chi connectivity index (χ0) is 18.8. The Kier molecular flexibility index (Phi) is 8.03. The predicted octanol–water partition coefficient (Wildman–Crippen LogP) is 2.31. The molecule has 140 valence electrons. The number of rotatable bonds is 11. The molecule has 0 bridgehead atoms. The fourth-order valence-electron chi connectivity index (χ4n) is 2.65. The number of aliphatic hydroxyl groups excluding tert-OH is 1. The summed E-state index contributed by atoms with van der Waals surface area (Å²) in [5.74, 6) is 4.55. The molecule has 2 aromatic rings. The third-order valence-electron chi connectivity index (χ3n) is 3.78. The van der Waals surface area contributed by atoms with Crippen LogP contribution in [0, 0.1) is 12.3 Å². The van der Waals surface area contributed by atoms with Crippen LogP contribution in [0.3, 0.4) is 0 Å². The summed E-state index contributed by atoms with van der Waals surface area (Å²) in [5, 5.41) is 10.2. The summed E-state index contributed by atoms with van der Waals surface area (Å²) in [7, 11) is 3.21. The van der Waals surface area contributed by atoms with Crippen LogP contribution in [0.2, 0.25) is 0 Å². The molecule has 0 spiro atoms. The Balaban J connectivity index is 2.06. The van der Waals surface area contributed by atoms with E-state index in [1.54, 1.807) is 20.5 Å². The summed E-state index contributed by atoms with van der Waals surface area (Å²) >= 11 is 0. The average Bonchev–Trinajstić information content (AvgIpc) is 3.14. The minimum absolute atomic E-state index is 0.185. The molecule has 0 saturated heterocycles. The lowest BCUT2D eigenvalue weighted by Crippen LogP contribution is -2.34. The fourth-order valence-corrected chi connectivity index (χ4v) is 2.65. The molecule has 0 amide bonds. The van der Waals surface area contributed by atoms with Gasteiger partial charge >= 0.3 is 0 Å². The van der Waals surface area contributed by atoms with Crippen LogP contribution in [0.1, 0.15) is 11.3 Å². The lowest BCUT2D eigenvalue weighted by molar-refractivity contribution is 0.0230. The molecule has 1 aromatic heterocycles. The largest absolute Gasteiger partial charge is 0.493 e. The smallest absolute Gasteiger partial charge is 0.161 e. The number of hydrogen-bond donors (Lipinski definition) is 1. The summed E-state index contributed by atoms with van der Waals surface area (Å²) in [5.41, 5.74) is 1.03. The highest BCUT2D eigenvalue weighted by Gasteiger charge is 2.15. The van der Waals surface area contributed by atoms with Crippen molar-refractivity contribution in [3.8, 4) is 23.8 Å². The van der Waals surface area contributed by atoms with Crippen molar-refractivity contribution in [1.82, 2.24) is 4.90 Å². The van der Waals surface area contributed by atoms with Crippen molar-refractivity contribution < 1.29 is 23.7 Å². The van der Waals surface area contributed by atoms with E-state index in [0.29, 0.717) is 31.1 Å². The number of ether oxygens (including phenoxy) is 3. The number of aliphatic hydroxyl groups is 1. The van der Waals surface area contributed by atoms with E-state index in [2.05, 4.69) is 10.8 Å². The van der Waals surface area contributed by atoms with Gasteiger partial charge in [0.25, 0.3) is 0 Å². The van der Waals surface area contributed by atoms with Gasteiger partial charge in [-0.2, -0.15) is 0 Å². The summed E-state index contributed by atoms with van der Waals surface area (Å²) in [6.45, 7) is 1.95. The molecule has 1 heterocycles. The number of benzene rings is 1. The molecular formula is C20H25NO5. The van der Waals surface area contributed by atoms with Crippen molar-refractivity contribution >= 4 is 0 Å². The van der Waals surface area contributed by atoms with E-state index < -0.39 is 6.10 Å². The highest BCUT2D eigenvalue weighted by Crippen LogP contribution is 2.28. The molecule has 2 rings (SSSR count). The van der Waals surface area contributed by atoms with E-state index in [1.807, 2.05) is 30.3 Å². The molecule has 0 saturated carbocycles. The zero-order valence-electron chi connectivity index (χ0n) is 15.2. The van der Waals surface area contributed by atoms with E-state index in [1.165, 1.54) is 0 Å². The predicted molar refractivity (Wildman–Crippen MR) is 98.0 cm³/mol. The van der Waals surface area contributed by atoms with Crippen molar-refractivity contribution in [2.75, 3.05) is 34.0 Å².